The second-order valence-electron chi connectivity index (χ2n) is 8.61. The zero-order chi connectivity index (χ0) is 19.4. The molecule has 0 radical (unpaired) electrons. The van der Waals surface area contributed by atoms with Crippen molar-refractivity contribution in [3.05, 3.63) is 35.4 Å². The molecule has 1 aromatic rings. The number of carbonyl (C=O) groups excluding carboxylic acids is 1. The Labute approximate surface area is 158 Å². The molecule has 0 spiro atoms. The summed E-state index contributed by atoms with van der Waals surface area (Å²) in [6, 6.07) is 7.73. The second kappa shape index (κ2) is 8.51. The van der Waals surface area contributed by atoms with Crippen LogP contribution in [0.2, 0.25) is 0 Å². The quantitative estimate of drug-likeness (QED) is 0.781. The van der Waals surface area contributed by atoms with Crippen molar-refractivity contribution in [3.63, 3.8) is 0 Å². The van der Waals surface area contributed by atoms with Gasteiger partial charge in [-0.3, -0.25) is 4.79 Å². The topological polar surface area (TPSA) is 55.8 Å². The predicted octanol–water partition coefficient (Wildman–Crippen LogP) is 2.15. The second-order valence-corrected chi connectivity index (χ2v) is 8.61. The molecule has 26 heavy (non-hydrogen) atoms. The molecule has 5 heteroatoms. The van der Waals surface area contributed by atoms with E-state index in [9.17, 15) is 9.90 Å². The lowest BCUT2D eigenvalue weighted by Crippen LogP contribution is -2.57. The van der Waals surface area contributed by atoms with Gasteiger partial charge in [0.1, 0.15) is 0 Å². The van der Waals surface area contributed by atoms with E-state index < -0.39 is 5.60 Å². The van der Waals surface area contributed by atoms with Crippen molar-refractivity contribution in [1.29, 1.82) is 0 Å². The average Bonchev–Trinajstić information content (AvgIpc) is 2.59. The summed E-state index contributed by atoms with van der Waals surface area (Å²) in [4.78, 5) is 17.2. The van der Waals surface area contributed by atoms with E-state index in [1.807, 2.05) is 38.1 Å². The molecule has 1 saturated heterocycles. The van der Waals surface area contributed by atoms with Gasteiger partial charge in [-0.05, 0) is 91.5 Å². The number of piperidine rings is 1. The Morgan fingerprint density at radius 2 is 1.81 bits per heavy atom. The highest BCUT2D eigenvalue weighted by Crippen LogP contribution is 2.26. The molecule has 146 valence electrons. The molecule has 0 bridgehead atoms. The molecule has 1 amide bonds. The molecule has 0 aliphatic carbocycles. The van der Waals surface area contributed by atoms with Crippen molar-refractivity contribution in [2.45, 2.75) is 50.7 Å². The highest BCUT2D eigenvalue weighted by molar-refractivity contribution is 5.94. The zero-order valence-corrected chi connectivity index (χ0v) is 17.0. The highest BCUT2D eigenvalue weighted by atomic mass is 16.3. The van der Waals surface area contributed by atoms with Gasteiger partial charge in [-0.15, -0.1) is 0 Å². The molecule has 1 aromatic carbocycles. The number of benzene rings is 1. The Morgan fingerprint density at radius 1 is 1.23 bits per heavy atom. The van der Waals surface area contributed by atoms with Gasteiger partial charge < -0.3 is 20.2 Å². The molecule has 0 saturated carbocycles. The summed E-state index contributed by atoms with van der Waals surface area (Å²) in [7, 11) is 6.36. The fraction of sp³-hybridized carbons (Fsp3) is 0.667. The number of carbonyl (C=O) groups is 1. The molecule has 0 atom stereocenters. The van der Waals surface area contributed by atoms with Crippen LogP contribution in [0.3, 0.4) is 0 Å². The van der Waals surface area contributed by atoms with Gasteiger partial charge in [0.25, 0.3) is 5.91 Å². The predicted molar refractivity (Wildman–Crippen MR) is 107 cm³/mol. The van der Waals surface area contributed by atoms with Gasteiger partial charge in [-0.2, -0.15) is 0 Å². The minimum absolute atomic E-state index is 0.0146. The van der Waals surface area contributed by atoms with E-state index in [-0.39, 0.29) is 11.4 Å². The summed E-state index contributed by atoms with van der Waals surface area (Å²) in [5.74, 6) is -0.0146. The van der Waals surface area contributed by atoms with Crippen molar-refractivity contribution >= 4 is 5.91 Å². The fourth-order valence-electron chi connectivity index (χ4n) is 3.44. The van der Waals surface area contributed by atoms with Crippen molar-refractivity contribution in [1.82, 2.24) is 15.1 Å². The number of amides is 1. The van der Waals surface area contributed by atoms with Crippen molar-refractivity contribution < 1.29 is 9.90 Å². The number of rotatable bonds is 7. The maximum atomic E-state index is 12.6. The van der Waals surface area contributed by atoms with Gasteiger partial charge in [0.05, 0.1) is 5.60 Å². The van der Waals surface area contributed by atoms with E-state index in [2.05, 4.69) is 36.3 Å². The van der Waals surface area contributed by atoms with Gasteiger partial charge in [0, 0.05) is 17.6 Å². The molecule has 0 aromatic heterocycles. The van der Waals surface area contributed by atoms with E-state index in [1.54, 1.807) is 0 Å². The number of hydrogen-bond acceptors (Lipinski definition) is 4. The van der Waals surface area contributed by atoms with E-state index in [0.29, 0.717) is 18.5 Å². The zero-order valence-electron chi connectivity index (χ0n) is 17.0. The minimum atomic E-state index is -0.662. The molecule has 0 unspecified atom stereocenters. The third-order valence-electron chi connectivity index (χ3n) is 5.69. The van der Waals surface area contributed by atoms with Crippen molar-refractivity contribution in [3.8, 4) is 0 Å². The number of aryl methyl sites for hydroxylation is 1. The number of likely N-dealkylation sites (tertiary alicyclic amines) is 1. The Hall–Kier alpha value is -1.43. The molecule has 1 aliphatic heterocycles. The number of aliphatic hydroxyl groups is 1. The van der Waals surface area contributed by atoms with E-state index in [4.69, 9.17) is 0 Å². The summed E-state index contributed by atoms with van der Waals surface area (Å²) in [5.41, 5.74) is 1.21. The SMILES string of the molecule is CN1CCC(CNC(=O)c2ccc(CCC(C)(C)O)cc2)(N(C)C)CC1. The van der Waals surface area contributed by atoms with Gasteiger partial charge in [0.2, 0.25) is 0 Å². The monoisotopic (exact) mass is 361 g/mol. The van der Waals surface area contributed by atoms with Crippen molar-refractivity contribution in [2.24, 2.45) is 0 Å². The maximum absolute atomic E-state index is 12.6. The lowest BCUT2D eigenvalue weighted by atomic mass is 9.86. The molecule has 1 aliphatic rings. The Balaban J connectivity index is 1.92. The van der Waals surface area contributed by atoms with Crippen molar-refractivity contribution in [2.75, 3.05) is 40.8 Å². The normalized spacial score (nSPS) is 18.1. The number of hydrogen-bond donors (Lipinski definition) is 2. The van der Waals surface area contributed by atoms with Gasteiger partial charge >= 0.3 is 0 Å². The highest BCUT2D eigenvalue weighted by Gasteiger charge is 2.36. The fourth-order valence-corrected chi connectivity index (χ4v) is 3.44. The van der Waals surface area contributed by atoms with E-state index in [1.165, 1.54) is 0 Å². The number of nitrogens with zero attached hydrogens (tertiary/aromatic N) is 2. The van der Waals surface area contributed by atoms with Crippen LogP contribution in [0.25, 0.3) is 0 Å². The number of likely N-dealkylation sites (N-methyl/N-ethyl adjacent to an activating group) is 1. The maximum Gasteiger partial charge on any atom is 0.251 e. The third kappa shape index (κ3) is 5.79. The van der Waals surface area contributed by atoms with Crippen LogP contribution < -0.4 is 5.32 Å². The summed E-state index contributed by atoms with van der Waals surface area (Å²) >= 11 is 0. The third-order valence-corrected chi connectivity index (χ3v) is 5.69. The van der Waals surface area contributed by atoms with Crippen LogP contribution in [0.15, 0.2) is 24.3 Å². The number of nitrogens with one attached hydrogen (secondary N) is 1. The van der Waals surface area contributed by atoms with E-state index in [0.717, 1.165) is 37.9 Å². The Kier molecular flexibility index (Phi) is 6.83. The molecule has 5 nitrogen and oxygen atoms in total. The summed E-state index contributed by atoms with van der Waals surface area (Å²) < 4.78 is 0. The van der Waals surface area contributed by atoms with E-state index >= 15 is 0 Å². The summed E-state index contributed by atoms with van der Waals surface area (Å²) in [6.45, 7) is 6.43. The largest absolute Gasteiger partial charge is 0.390 e. The minimum Gasteiger partial charge on any atom is -0.390 e. The Morgan fingerprint density at radius 3 is 2.31 bits per heavy atom. The lowest BCUT2D eigenvalue weighted by Gasteiger charge is -2.45. The first kappa shape index (κ1) is 20.9. The Bertz CT molecular complexity index is 582. The first-order valence-electron chi connectivity index (χ1n) is 9.57. The van der Waals surface area contributed by atoms with Gasteiger partial charge in [0.15, 0.2) is 0 Å². The standard InChI is InChI=1S/C21H35N3O2/c1-20(2,26)11-10-17-6-8-18(9-7-17)19(25)22-16-21(23(3)4)12-14-24(5)15-13-21/h6-9,26H,10-16H2,1-5H3,(H,22,25). The van der Waals surface area contributed by atoms with Crippen LogP contribution >= 0.6 is 0 Å². The van der Waals surface area contributed by atoms with Gasteiger partial charge in [-0.25, -0.2) is 0 Å². The first-order valence-corrected chi connectivity index (χ1v) is 9.57. The molecular formula is C21H35N3O2. The molecule has 1 fully saturated rings. The average molecular weight is 362 g/mol. The van der Waals surface area contributed by atoms with Crippen LogP contribution in [-0.4, -0.2) is 72.7 Å². The lowest BCUT2D eigenvalue weighted by molar-refractivity contribution is 0.0611. The summed E-state index contributed by atoms with van der Waals surface area (Å²) in [5, 5.41) is 13.0. The van der Waals surface area contributed by atoms with Crippen LogP contribution in [0.5, 0.6) is 0 Å². The van der Waals surface area contributed by atoms with Crippen LogP contribution in [0, 0.1) is 0 Å². The smallest absolute Gasteiger partial charge is 0.251 e. The van der Waals surface area contributed by atoms with Crippen LogP contribution in [0.4, 0.5) is 0 Å². The van der Waals surface area contributed by atoms with Gasteiger partial charge in [-0.1, -0.05) is 12.1 Å². The van der Waals surface area contributed by atoms with Crippen LogP contribution in [0.1, 0.15) is 49.0 Å². The molecule has 2 N–H and O–H groups in total. The summed E-state index contributed by atoms with van der Waals surface area (Å²) in [6.07, 6.45) is 3.64. The molecular weight excluding hydrogens is 326 g/mol. The van der Waals surface area contributed by atoms with Crippen LogP contribution in [-0.2, 0) is 6.42 Å². The first-order chi connectivity index (χ1) is 12.1. The molecule has 1 heterocycles. The molecule has 2 rings (SSSR count).